The lowest BCUT2D eigenvalue weighted by molar-refractivity contribution is -0.144. The number of piperidine rings is 2. The first-order valence-electron chi connectivity index (χ1n) is 9.76. The van der Waals surface area contributed by atoms with Crippen molar-refractivity contribution in [2.75, 3.05) is 26.2 Å². The summed E-state index contributed by atoms with van der Waals surface area (Å²) in [5, 5.41) is 8.97. The van der Waals surface area contributed by atoms with Gasteiger partial charge in [-0.2, -0.15) is 0 Å². The highest BCUT2D eigenvalue weighted by Crippen LogP contribution is 2.31. The smallest absolute Gasteiger partial charge is 0.222 e. The molecule has 0 aromatic carbocycles. The number of carbonyl (C=O) groups excluding carboxylic acids is 2. The van der Waals surface area contributed by atoms with E-state index in [1.165, 1.54) is 0 Å². The number of hydrogen-bond donors (Lipinski definition) is 1. The lowest BCUT2D eigenvalue weighted by atomic mass is 9.83. The molecule has 1 N–H and O–H groups in total. The standard InChI is InChI=1S/C20H29N3O3.ClH/c24-13-2-1-11-23-18-9-12-22(15-17(18)6-8-20(23)26)19(25)7-5-16-4-3-10-21-14-16;/h3-4,10,14,17-18,24H,1-2,5-9,11-13,15H2;1H/t17-,18+;/m0./s1. The summed E-state index contributed by atoms with van der Waals surface area (Å²) < 4.78 is 0. The fourth-order valence-electron chi connectivity index (χ4n) is 4.22. The Morgan fingerprint density at radius 3 is 2.89 bits per heavy atom. The fraction of sp³-hybridized carbons (Fsp3) is 0.650. The SMILES string of the molecule is Cl.O=C(CCc1cccnc1)N1CC[C@@H]2[C@@H](CCC(=O)N2CCCCO)C1. The van der Waals surface area contributed by atoms with E-state index >= 15 is 0 Å². The third kappa shape index (κ3) is 5.66. The quantitative estimate of drug-likeness (QED) is 0.717. The molecular weight excluding hydrogens is 366 g/mol. The van der Waals surface area contributed by atoms with Gasteiger partial charge in [-0.25, -0.2) is 0 Å². The molecule has 2 fully saturated rings. The normalized spacial score (nSPS) is 22.2. The van der Waals surface area contributed by atoms with E-state index in [1.807, 2.05) is 28.1 Å². The molecule has 0 aliphatic carbocycles. The van der Waals surface area contributed by atoms with Crippen molar-refractivity contribution in [1.29, 1.82) is 0 Å². The number of hydrogen-bond acceptors (Lipinski definition) is 4. The van der Waals surface area contributed by atoms with E-state index in [2.05, 4.69) is 4.98 Å². The second-order valence-corrected chi connectivity index (χ2v) is 7.37. The number of likely N-dealkylation sites (tertiary alicyclic amines) is 2. The minimum absolute atomic E-state index is 0. The molecule has 150 valence electrons. The third-order valence-corrected chi connectivity index (χ3v) is 5.65. The molecular formula is C20H30ClN3O3. The van der Waals surface area contributed by atoms with Crippen LogP contribution in [0.15, 0.2) is 24.5 Å². The Morgan fingerprint density at radius 1 is 1.30 bits per heavy atom. The third-order valence-electron chi connectivity index (χ3n) is 5.65. The molecule has 3 heterocycles. The average molecular weight is 396 g/mol. The predicted molar refractivity (Wildman–Crippen MR) is 106 cm³/mol. The van der Waals surface area contributed by atoms with Gasteiger partial charge in [0.05, 0.1) is 0 Å². The van der Waals surface area contributed by atoms with Crippen LogP contribution in [0.2, 0.25) is 0 Å². The van der Waals surface area contributed by atoms with Gasteiger partial charge in [0.25, 0.3) is 0 Å². The first-order valence-corrected chi connectivity index (χ1v) is 9.76. The lowest BCUT2D eigenvalue weighted by Crippen LogP contribution is -2.57. The second kappa shape index (κ2) is 10.6. The number of rotatable bonds is 7. The van der Waals surface area contributed by atoms with Gasteiger partial charge in [0.2, 0.25) is 11.8 Å². The molecule has 2 amide bonds. The number of aryl methyl sites for hydroxylation is 1. The van der Waals surface area contributed by atoms with E-state index < -0.39 is 0 Å². The van der Waals surface area contributed by atoms with Crippen LogP contribution in [0.5, 0.6) is 0 Å². The number of fused-ring (bicyclic) bond motifs is 1. The highest BCUT2D eigenvalue weighted by molar-refractivity contribution is 5.85. The molecule has 0 bridgehead atoms. The van der Waals surface area contributed by atoms with E-state index in [0.717, 1.165) is 57.3 Å². The molecule has 2 aliphatic heterocycles. The molecule has 2 saturated heterocycles. The molecule has 3 rings (SSSR count). The minimum Gasteiger partial charge on any atom is -0.396 e. The van der Waals surface area contributed by atoms with Gasteiger partial charge in [-0.3, -0.25) is 14.6 Å². The van der Waals surface area contributed by atoms with Crippen LogP contribution in [0.3, 0.4) is 0 Å². The topological polar surface area (TPSA) is 73.7 Å². The highest BCUT2D eigenvalue weighted by Gasteiger charge is 2.39. The molecule has 0 spiro atoms. The van der Waals surface area contributed by atoms with Gasteiger partial charge >= 0.3 is 0 Å². The van der Waals surface area contributed by atoms with Crippen molar-refractivity contribution in [2.45, 2.75) is 51.0 Å². The number of aromatic nitrogens is 1. The van der Waals surface area contributed by atoms with E-state index in [1.54, 1.807) is 6.20 Å². The van der Waals surface area contributed by atoms with Gasteiger partial charge in [0, 0.05) is 57.5 Å². The molecule has 0 radical (unpaired) electrons. The summed E-state index contributed by atoms with van der Waals surface area (Å²) in [6.07, 6.45) is 8.71. The number of halogens is 1. The molecule has 27 heavy (non-hydrogen) atoms. The average Bonchev–Trinajstić information content (AvgIpc) is 2.68. The van der Waals surface area contributed by atoms with Crippen molar-refractivity contribution in [3.8, 4) is 0 Å². The van der Waals surface area contributed by atoms with E-state index in [0.29, 0.717) is 18.8 Å². The first kappa shape index (κ1) is 21.6. The van der Waals surface area contributed by atoms with Crippen molar-refractivity contribution < 1.29 is 14.7 Å². The van der Waals surface area contributed by atoms with Crippen LogP contribution in [-0.4, -0.2) is 64.0 Å². The minimum atomic E-state index is 0. The van der Waals surface area contributed by atoms with Crippen LogP contribution < -0.4 is 0 Å². The van der Waals surface area contributed by atoms with Crippen LogP contribution >= 0.6 is 12.4 Å². The van der Waals surface area contributed by atoms with Crippen molar-refractivity contribution in [1.82, 2.24) is 14.8 Å². The molecule has 7 heteroatoms. The molecule has 2 atom stereocenters. The molecule has 0 saturated carbocycles. The van der Waals surface area contributed by atoms with Gasteiger partial charge in [-0.05, 0) is 49.7 Å². The maximum Gasteiger partial charge on any atom is 0.222 e. The summed E-state index contributed by atoms with van der Waals surface area (Å²) in [6, 6.07) is 4.16. The molecule has 1 aromatic rings. The van der Waals surface area contributed by atoms with Crippen LogP contribution in [0.1, 0.15) is 44.1 Å². The van der Waals surface area contributed by atoms with Gasteiger partial charge < -0.3 is 14.9 Å². The summed E-state index contributed by atoms with van der Waals surface area (Å²) in [7, 11) is 0. The molecule has 1 aromatic heterocycles. The maximum atomic E-state index is 12.6. The monoisotopic (exact) mass is 395 g/mol. The number of aliphatic hydroxyl groups excluding tert-OH is 1. The van der Waals surface area contributed by atoms with Crippen molar-refractivity contribution >= 4 is 24.2 Å². The van der Waals surface area contributed by atoms with E-state index in [4.69, 9.17) is 5.11 Å². The second-order valence-electron chi connectivity index (χ2n) is 7.37. The summed E-state index contributed by atoms with van der Waals surface area (Å²) >= 11 is 0. The number of amides is 2. The van der Waals surface area contributed by atoms with Gasteiger partial charge in [0.15, 0.2) is 0 Å². The van der Waals surface area contributed by atoms with Gasteiger partial charge in [-0.1, -0.05) is 6.07 Å². The van der Waals surface area contributed by atoms with Crippen LogP contribution in [0, 0.1) is 5.92 Å². The Hall–Kier alpha value is -1.66. The van der Waals surface area contributed by atoms with Gasteiger partial charge in [0.1, 0.15) is 0 Å². The Kier molecular flexibility index (Phi) is 8.51. The summed E-state index contributed by atoms with van der Waals surface area (Å²) in [6.45, 7) is 2.40. The highest BCUT2D eigenvalue weighted by atomic mass is 35.5. The number of unbranched alkanes of at least 4 members (excludes halogenated alkanes) is 1. The molecule has 0 unspecified atom stereocenters. The van der Waals surface area contributed by atoms with Crippen molar-refractivity contribution in [3.63, 3.8) is 0 Å². The van der Waals surface area contributed by atoms with Crippen molar-refractivity contribution in [3.05, 3.63) is 30.1 Å². The molecule has 2 aliphatic rings. The fourth-order valence-corrected chi connectivity index (χ4v) is 4.22. The van der Waals surface area contributed by atoms with Crippen LogP contribution in [0.4, 0.5) is 0 Å². The van der Waals surface area contributed by atoms with Crippen molar-refractivity contribution in [2.24, 2.45) is 5.92 Å². The van der Waals surface area contributed by atoms with E-state index in [9.17, 15) is 9.59 Å². The Labute approximate surface area is 167 Å². The lowest BCUT2D eigenvalue weighted by Gasteiger charge is -2.47. The zero-order valence-electron chi connectivity index (χ0n) is 15.8. The first-order chi connectivity index (χ1) is 12.7. The zero-order chi connectivity index (χ0) is 18.4. The van der Waals surface area contributed by atoms with Crippen LogP contribution in [-0.2, 0) is 16.0 Å². The Bertz CT molecular complexity index is 614. The number of pyridine rings is 1. The van der Waals surface area contributed by atoms with E-state index in [-0.39, 0.29) is 36.9 Å². The predicted octanol–water partition coefficient (Wildman–Crippen LogP) is 2.05. The number of nitrogens with zero attached hydrogens (tertiary/aromatic N) is 3. The Balaban J connectivity index is 0.00000261. The summed E-state index contributed by atoms with van der Waals surface area (Å²) in [5.74, 6) is 0.828. The summed E-state index contributed by atoms with van der Waals surface area (Å²) in [4.78, 5) is 33.0. The number of aliphatic hydroxyl groups is 1. The Morgan fingerprint density at radius 2 is 2.15 bits per heavy atom. The molecule has 6 nitrogen and oxygen atoms in total. The van der Waals surface area contributed by atoms with Gasteiger partial charge in [-0.15, -0.1) is 12.4 Å². The summed E-state index contributed by atoms with van der Waals surface area (Å²) in [5.41, 5.74) is 1.09. The maximum absolute atomic E-state index is 12.6. The van der Waals surface area contributed by atoms with Crippen LogP contribution in [0.25, 0.3) is 0 Å². The number of carbonyl (C=O) groups is 2. The largest absolute Gasteiger partial charge is 0.396 e. The zero-order valence-corrected chi connectivity index (χ0v) is 16.6.